The summed E-state index contributed by atoms with van der Waals surface area (Å²) in [5, 5.41) is 6.15. The Morgan fingerprint density at radius 3 is 2.96 bits per heavy atom. The first-order valence-electron chi connectivity index (χ1n) is 8.80. The van der Waals surface area contributed by atoms with Crippen molar-refractivity contribution < 1.29 is 4.79 Å². The third kappa shape index (κ3) is 3.31. The molecular weight excluding hydrogens is 368 g/mol. The van der Waals surface area contributed by atoms with Crippen molar-refractivity contribution in [3.05, 3.63) is 37.7 Å². The summed E-state index contributed by atoms with van der Waals surface area (Å²) in [7, 11) is 0. The van der Waals surface area contributed by atoms with Crippen LogP contribution in [0.25, 0.3) is 10.2 Å². The zero-order valence-electron chi connectivity index (χ0n) is 14.7. The molecule has 0 fully saturated rings. The summed E-state index contributed by atoms with van der Waals surface area (Å²) in [6.45, 7) is 4.14. The number of fused-ring (bicyclic) bond motifs is 3. The number of thiophene rings is 1. The van der Waals surface area contributed by atoms with Crippen LogP contribution >= 0.6 is 22.7 Å². The molecule has 0 spiro atoms. The highest BCUT2D eigenvalue weighted by Gasteiger charge is 2.21. The molecule has 2 N–H and O–H groups in total. The van der Waals surface area contributed by atoms with Crippen molar-refractivity contribution in [1.29, 1.82) is 0 Å². The van der Waals surface area contributed by atoms with E-state index in [0.717, 1.165) is 35.2 Å². The van der Waals surface area contributed by atoms with Crippen molar-refractivity contribution >= 4 is 43.9 Å². The minimum Gasteiger partial charge on any atom is -0.310 e. The molecule has 0 atom stereocenters. The lowest BCUT2D eigenvalue weighted by atomic mass is 10.2. The number of H-pyrrole nitrogens is 1. The van der Waals surface area contributed by atoms with Gasteiger partial charge in [-0.05, 0) is 30.7 Å². The van der Waals surface area contributed by atoms with Gasteiger partial charge >= 0.3 is 0 Å². The van der Waals surface area contributed by atoms with Gasteiger partial charge in [-0.3, -0.25) is 9.59 Å². The molecule has 0 bridgehead atoms. The van der Waals surface area contributed by atoms with Gasteiger partial charge in [0.2, 0.25) is 5.91 Å². The van der Waals surface area contributed by atoms with Crippen LogP contribution in [0.1, 0.15) is 54.6 Å². The van der Waals surface area contributed by atoms with Gasteiger partial charge in [0.25, 0.3) is 5.56 Å². The topological polar surface area (TPSA) is 87.7 Å². The second-order valence-electron chi connectivity index (χ2n) is 6.83. The maximum atomic E-state index is 12.4. The molecule has 8 heteroatoms. The predicted molar refractivity (Wildman–Crippen MR) is 105 cm³/mol. The van der Waals surface area contributed by atoms with Gasteiger partial charge in [0, 0.05) is 23.1 Å². The lowest BCUT2D eigenvalue weighted by molar-refractivity contribution is -0.116. The molecule has 0 aliphatic heterocycles. The third-order valence-electron chi connectivity index (χ3n) is 4.57. The number of hydrogen-bond donors (Lipinski definition) is 2. The van der Waals surface area contributed by atoms with Crippen molar-refractivity contribution in [3.63, 3.8) is 0 Å². The molecule has 0 unspecified atom stereocenters. The van der Waals surface area contributed by atoms with E-state index >= 15 is 0 Å². The SMILES string of the molecule is CC(C)c1csc(NC(=O)CCc2nc3sc4c(c3c(=O)[nH]2)CCC4)n1. The van der Waals surface area contributed by atoms with E-state index in [0.29, 0.717) is 23.3 Å². The van der Waals surface area contributed by atoms with Crippen molar-refractivity contribution in [1.82, 2.24) is 15.0 Å². The molecule has 136 valence electrons. The molecule has 0 aromatic carbocycles. The first-order chi connectivity index (χ1) is 12.5. The molecule has 6 nitrogen and oxygen atoms in total. The number of rotatable bonds is 5. The number of amides is 1. The normalized spacial score (nSPS) is 13.5. The number of carbonyl (C=O) groups is 1. The van der Waals surface area contributed by atoms with Gasteiger partial charge in [0.1, 0.15) is 10.7 Å². The van der Waals surface area contributed by atoms with Crippen LogP contribution < -0.4 is 10.9 Å². The molecular formula is C18H20N4O2S2. The van der Waals surface area contributed by atoms with E-state index in [4.69, 9.17) is 0 Å². The molecule has 26 heavy (non-hydrogen) atoms. The monoisotopic (exact) mass is 388 g/mol. The largest absolute Gasteiger partial charge is 0.310 e. The standard InChI is InChI=1S/C18H20N4O2S2/c1-9(2)11-8-25-18(19-11)22-14(23)7-6-13-20-16(24)15-10-4-3-5-12(10)26-17(15)21-13/h8-9H,3-7H2,1-2H3,(H,19,22,23)(H,20,21,24). The maximum Gasteiger partial charge on any atom is 0.259 e. The minimum atomic E-state index is -0.119. The Morgan fingerprint density at radius 2 is 2.19 bits per heavy atom. The average Bonchev–Trinajstić information content (AvgIpc) is 3.27. The summed E-state index contributed by atoms with van der Waals surface area (Å²) >= 11 is 3.05. The first kappa shape index (κ1) is 17.4. The van der Waals surface area contributed by atoms with Gasteiger partial charge in [0.05, 0.1) is 11.1 Å². The maximum absolute atomic E-state index is 12.4. The fraction of sp³-hybridized carbons (Fsp3) is 0.444. The molecule has 3 aromatic heterocycles. The lowest BCUT2D eigenvalue weighted by Gasteiger charge is -2.03. The molecule has 3 heterocycles. The van der Waals surface area contributed by atoms with Crippen molar-refractivity contribution in [3.8, 4) is 0 Å². The van der Waals surface area contributed by atoms with Gasteiger partial charge in [-0.25, -0.2) is 9.97 Å². The number of aryl methyl sites for hydroxylation is 3. The quantitative estimate of drug-likeness (QED) is 0.699. The van der Waals surface area contributed by atoms with E-state index in [1.807, 2.05) is 5.38 Å². The van der Waals surface area contributed by atoms with E-state index < -0.39 is 0 Å². The second kappa shape index (κ2) is 6.92. The van der Waals surface area contributed by atoms with Crippen LogP contribution in [0.15, 0.2) is 10.2 Å². The number of carbonyl (C=O) groups excluding carboxylic acids is 1. The zero-order chi connectivity index (χ0) is 18.3. The van der Waals surface area contributed by atoms with Gasteiger partial charge < -0.3 is 10.3 Å². The van der Waals surface area contributed by atoms with Crippen LogP contribution in [0.3, 0.4) is 0 Å². The summed E-state index contributed by atoms with van der Waals surface area (Å²) in [6.07, 6.45) is 3.79. The number of aromatic nitrogens is 3. The average molecular weight is 389 g/mol. The number of nitrogens with one attached hydrogen (secondary N) is 2. The first-order valence-corrected chi connectivity index (χ1v) is 10.5. The highest BCUT2D eigenvalue weighted by molar-refractivity contribution is 7.18. The van der Waals surface area contributed by atoms with Crippen LogP contribution in [-0.4, -0.2) is 20.9 Å². The van der Waals surface area contributed by atoms with Gasteiger partial charge in [-0.1, -0.05) is 13.8 Å². The second-order valence-corrected chi connectivity index (χ2v) is 8.77. The molecule has 3 aromatic rings. The lowest BCUT2D eigenvalue weighted by Crippen LogP contribution is -2.16. The van der Waals surface area contributed by atoms with Crippen molar-refractivity contribution in [2.24, 2.45) is 0 Å². The number of aromatic amines is 1. The van der Waals surface area contributed by atoms with Crippen LogP contribution in [-0.2, 0) is 24.1 Å². The Hall–Kier alpha value is -2.06. The Morgan fingerprint density at radius 1 is 1.35 bits per heavy atom. The highest BCUT2D eigenvalue weighted by atomic mass is 32.1. The Kier molecular flexibility index (Phi) is 4.62. The van der Waals surface area contributed by atoms with Crippen LogP contribution in [0.2, 0.25) is 0 Å². The molecule has 0 saturated heterocycles. The number of thiazole rings is 1. The van der Waals surface area contributed by atoms with E-state index in [1.165, 1.54) is 21.8 Å². The fourth-order valence-corrected chi connectivity index (χ4v) is 5.36. The van der Waals surface area contributed by atoms with Gasteiger partial charge in [-0.2, -0.15) is 0 Å². The summed E-state index contributed by atoms with van der Waals surface area (Å²) < 4.78 is 0. The summed E-state index contributed by atoms with van der Waals surface area (Å²) in [4.78, 5) is 38.5. The van der Waals surface area contributed by atoms with Crippen LogP contribution in [0.4, 0.5) is 5.13 Å². The van der Waals surface area contributed by atoms with Gasteiger partial charge in [-0.15, -0.1) is 22.7 Å². The van der Waals surface area contributed by atoms with Crippen molar-refractivity contribution in [2.75, 3.05) is 5.32 Å². The van der Waals surface area contributed by atoms with Crippen LogP contribution in [0, 0.1) is 0 Å². The van der Waals surface area contributed by atoms with E-state index in [2.05, 4.69) is 34.1 Å². The smallest absolute Gasteiger partial charge is 0.259 e. The van der Waals surface area contributed by atoms with Crippen molar-refractivity contribution in [2.45, 2.75) is 51.9 Å². The molecule has 0 saturated carbocycles. The predicted octanol–water partition coefficient (Wildman–Crippen LogP) is 3.62. The Bertz CT molecular complexity index is 1030. The number of hydrogen-bond acceptors (Lipinski definition) is 6. The van der Waals surface area contributed by atoms with E-state index in [-0.39, 0.29) is 17.9 Å². The zero-order valence-corrected chi connectivity index (χ0v) is 16.4. The Balaban J connectivity index is 1.44. The molecule has 1 aliphatic carbocycles. The summed E-state index contributed by atoms with van der Waals surface area (Å²) in [5.74, 6) is 0.788. The fourth-order valence-electron chi connectivity index (χ4n) is 3.19. The number of nitrogens with zero attached hydrogens (tertiary/aromatic N) is 2. The molecule has 0 radical (unpaired) electrons. The highest BCUT2D eigenvalue weighted by Crippen LogP contribution is 2.34. The molecule has 1 amide bonds. The Labute approximate surface area is 158 Å². The molecule has 4 rings (SSSR count). The van der Waals surface area contributed by atoms with E-state index in [1.54, 1.807) is 11.3 Å². The number of anilines is 1. The van der Waals surface area contributed by atoms with Gasteiger partial charge in [0.15, 0.2) is 5.13 Å². The minimum absolute atomic E-state index is 0.0775. The van der Waals surface area contributed by atoms with Crippen LogP contribution in [0.5, 0.6) is 0 Å². The molecule has 1 aliphatic rings. The van der Waals surface area contributed by atoms with E-state index in [9.17, 15) is 9.59 Å². The summed E-state index contributed by atoms with van der Waals surface area (Å²) in [6, 6.07) is 0. The summed E-state index contributed by atoms with van der Waals surface area (Å²) in [5.41, 5.74) is 2.08. The third-order valence-corrected chi connectivity index (χ3v) is 6.53.